The van der Waals surface area contributed by atoms with Gasteiger partial charge in [0.1, 0.15) is 17.2 Å². The van der Waals surface area contributed by atoms with Gasteiger partial charge in [-0.3, -0.25) is 0 Å². The SMILES string of the molecule is CNCCc1noc(-c2c(F)cccc2F)n1. The smallest absolute Gasteiger partial charge is 0.263 e. The molecule has 1 N–H and O–H groups in total. The highest BCUT2D eigenvalue weighted by molar-refractivity contribution is 5.54. The lowest BCUT2D eigenvalue weighted by Gasteiger charge is -1.97. The predicted octanol–water partition coefficient (Wildman–Crippen LogP) is 1.78. The summed E-state index contributed by atoms with van der Waals surface area (Å²) in [4.78, 5) is 3.94. The van der Waals surface area contributed by atoms with Crippen molar-refractivity contribution in [3.63, 3.8) is 0 Å². The van der Waals surface area contributed by atoms with Gasteiger partial charge in [0, 0.05) is 13.0 Å². The van der Waals surface area contributed by atoms with E-state index in [0.717, 1.165) is 12.1 Å². The summed E-state index contributed by atoms with van der Waals surface area (Å²) in [5.74, 6) is -1.15. The van der Waals surface area contributed by atoms with Gasteiger partial charge in [0.15, 0.2) is 5.82 Å². The van der Waals surface area contributed by atoms with Gasteiger partial charge in [0.05, 0.1) is 0 Å². The molecular formula is C11H11F2N3O. The van der Waals surface area contributed by atoms with Crippen LogP contribution in [0.1, 0.15) is 5.82 Å². The summed E-state index contributed by atoms with van der Waals surface area (Å²) in [6.45, 7) is 0.665. The first-order chi connectivity index (χ1) is 8.22. The van der Waals surface area contributed by atoms with E-state index in [2.05, 4.69) is 15.5 Å². The summed E-state index contributed by atoms with van der Waals surface area (Å²) >= 11 is 0. The first-order valence-electron chi connectivity index (χ1n) is 5.14. The molecule has 1 aromatic heterocycles. The summed E-state index contributed by atoms with van der Waals surface area (Å²) in [5.41, 5.74) is -0.282. The van der Waals surface area contributed by atoms with Gasteiger partial charge in [-0.2, -0.15) is 4.98 Å². The molecule has 0 aliphatic carbocycles. The zero-order chi connectivity index (χ0) is 12.3. The van der Waals surface area contributed by atoms with Crippen molar-refractivity contribution in [2.45, 2.75) is 6.42 Å². The van der Waals surface area contributed by atoms with Crippen LogP contribution in [0, 0.1) is 11.6 Å². The molecule has 0 amide bonds. The van der Waals surface area contributed by atoms with E-state index in [1.165, 1.54) is 6.07 Å². The Labute approximate surface area is 96.6 Å². The van der Waals surface area contributed by atoms with Crippen LogP contribution in [0.3, 0.4) is 0 Å². The van der Waals surface area contributed by atoms with Crippen LogP contribution in [0.25, 0.3) is 11.5 Å². The number of likely N-dealkylation sites (N-methyl/N-ethyl adjacent to an activating group) is 1. The number of benzene rings is 1. The molecule has 0 radical (unpaired) electrons. The van der Waals surface area contributed by atoms with Crippen molar-refractivity contribution in [2.75, 3.05) is 13.6 Å². The van der Waals surface area contributed by atoms with Crippen LogP contribution in [-0.4, -0.2) is 23.7 Å². The lowest BCUT2D eigenvalue weighted by Crippen LogP contribution is -2.11. The molecular weight excluding hydrogens is 228 g/mol. The molecule has 2 rings (SSSR count). The van der Waals surface area contributed by atoms with Crippen molar-refractivity contribution in [3.8, 4) is 11.5 Å². The van der Waals surface area contributed by atoms with Crippen LogP contribution < -0.4 is 5.32 Å². The summed E-state index contributed by atoms with van der Waals surface area (Å²) in [7, 11) is 1.79. The minimum Gasteiger partial charge on any atom is -0.334 e. The average molecular weight is 239 g/mol. The van der Waals surface area contributed by atoms with Gasteiger partial charge in [-0.05, 0) is 19.2 Å². The molecule has 17 heavy (non-hydrogen) atoms. The minimum atomic E-state index is -0.714. The maximum absolute atomic E-state index is 13.4. The maximum Gasteiger partial charge on any atom is 0.263 e. The number of rotatable bonds is 4. The topological polar surface area (TPSA) is 51.0 Å². The Balaban J connectivity index is 2.30. The molecule has 0 aliphatic heterocycles. The molecule has 0 saturated heterocycles. The first-order valence-corrected chi connectivity index (χ1v) is 5.14. The lowest BCUT2D eigenvalue weighted by atomic mass is 10.2. The molecule has 4 nitrogen and oxygen atoms in total. The van der Waals surface area contributed by atoms with Crippen LogP contribution in [-0.2, 0) is 6.42 Å². The predicted molar refractivity (Wildman–Crippen MR) is 57.3 cm³/mol. The second-order valence-corrected chi connectivity index (χ2v) is 3.47. The average Bonchev–Trinajstić information content (AvgIpc) is 2.75. The van der Waals surface area contributed by atoms with Crippen LogP contribution in [0.5, 0.6) is 0 Å². The summed E-state index contributed by atoms with van der Waals surface area (Å²) in [6.07, 6.45) is 0.538. The second kappa shape index (κ2) is 5.01. The zero-order valence-electron chi connectivity index (χ0n) is 9.20. The van der Waals surface area contributed by atoms with Gasteiger partial charge in [-0.1, -0.05) is 11.2 Å². The highest BCUT2D eigenvalue weighted by Gasteiger charge is 2.17. The number of nitrogens with one attached hydrogen (secondary N) is 1. The van der Waals surface area contributed by atoms with E-state index in [4.69, 9.17) is 4.52 Å². The van der Waals surface area contributed by atoms with Crippen molar-refractivity contribution < 1.29 is 13.3 Å². The van der Waals surface area contributed by atoms with Crippen molar-refractivity contribution >= 4 is 0 Å². The Morgan fingerprint density at radius 1 is 1.29 bits per heavy atom. The minimum absolute atomic E-state index is 0.133. The normalized spacial score (nSPS) is 10.8. The van der Waals surface area contributed by atoms with E-state index in [1.807, 2.05) is 0 Å². The fraction of sp³-hybridized carbons (Fsp3) is 0.273. The summed E-state index contributed by atoms with van der Waals surface area (Å²) in [5, 5.41) is 6.57. The number of aromatic nitrogens is 2. The Morgan fingerprint density at radius 3 is 2.65 bits per heavy atom. The molecule has 90 valence electrons. The highest BCUT2D eigenvalue weighted by atomic mass is 19.1. The third-order valence-electron chi connectivity index (χ3n) is 2.24. The number of hydrogen-bond acceptors (Lipinski definition) is 4. The number of halogens is 2. The quantitative estimate of drug-likeness (QED) is 0.883. The van der Waals surface area contributed by atoms with E-state index < -0.39 is 11.6 Å². The molecule has 0 spiro atoms. The van der Waals surface area contributed by atoms with E-state index in [0.29, 0.717) is 18.8 Å². The third-order valence-corrected chi connectivity index (χ3v) is 2.24. The molecule has 2 aromatic rings. The molecule has 0 fully saturated rings. The first kappa shape index (κ1) is 11.7. The van der Waals surface area contributed by atoms with Crippen LogP contribution in [0.4, 0.5) is 8.78 Å². The van der Waals surface area contributed by atoms with Crippen molar-refractivity contribution in [1.82, 2.24) is 15.5 Å². The molecule has 1 heterocycles. The standard InChI is InChI=1S/C11H11F2N3O/c1-14-6-5-9-15-11(17-16-9)10-7(12)3-2-4-8(10)13/h2-4,14H,5-6H2,1H3. The van der Waals surface area contributed by atoms with Crippen molar-refractivity contribution in [3.05, 3.63) is 35.7 Å². The summed E-state index contributed by atoms with van der Waals surface area (Å²) in [6, 6.07) is 3.58. The lowest BCUT2D eigenvalue weighted by molar-refractivity contribution is 0.417. The van der Waals surface area contributed by atoms with Crippen molar-refractivity contribution in [1.29, 1.82) is 0 Å². The summed E-state index contributed by atoms with van der Waals surface area (Å²) < 4.78 is 31.7. The van der Waals surface area contributed by atoms with Gasteiger partial charge < -0.3 is 9.84 Å². The molecule has 0 bridgehead atoms. The van der Waals surface area contributed by atoms with Crippen LogP contribution in [0.2, 0.25) is 0 Å². The van der Waals surface area contributed by atoms with E-state index in [1.54, 1.807) is 7.05 Å². The fourth-order valence-electron chi connectivity index (χ4n) is 1.40. The van der Waals surface area contributed by atoms with Gasteiger partial charge in [0.2, 0.25) is 0 Å². The molecule has 0 aliphatic rings. The molecule has 0 atom stereocenters. The fourth-order valence-corrected chi connectivity index (χ4v) is 1.40. The zero-order valence-corrected chi connectivity index (χ0v) is 9.20. The van der Waals surface area contributed by atoms with Gasteiger partial charge >= 0.3 is 0 Å². The van der Waals surface area contributed by atoms with Crippen molar-refractivity contribution in [2.24, 2.45) is 0 Å². The van der Waals surface area contributed by atoms with E-state index in [9.17, 15) is 8.78 Å². The Bertz CT molecular complexity index is 493. The highest BCUT2D eigenvalue weighted by Crippen LogP contribution is 2.24. The van der Waals surface area contributed by atoms with Gasteiger partial charge in [0.25, 0.3) is 5.89 Å². The molecule has 0 unspecified atom stereocenters. The molecule has 0 saturated carbocycles. The number of hydrogen-bond donors (Lipinski definition) is 1. The van der Waals surface area contributed by atoms with E-state index in [-0.39, 0.29) is 11.5 Å². The van der Waals surface area contributed by atoms with Gasteiger partial charge in [-0.15, -0.1) is 0 Å². The monoisotopic (exact) mass is 239 g/mol. The Kier molecular flexibility index (Phi) is 3.43. The van der Waals surface area contributed by atoms with Gasteiger partial charge in [-0.25, -0.2) is 8.78 Å². The Morgan fingerprint density at radius 2 is 2.00 bits per heavy atom. The molecule has 1 aromatic carbocycles. The van der Waals surface area contributed by atoms with E-state index >= 15 is 0 Å². The largest absolute Gasteiger partial charge is 0.334 e. The van der Waals surface area contributed by atoms with Crippen LogP contribution in [0.15, 0.2) is 22.7 Å². The maximum atomic E-state index is 13.4. The van der Waals surface area contributed by atoms with Crippen LogP contribution >= 0.6 is 0 Å². The second-order valence-electron chi connectivity index (χ2n) is 3.47. The molecule has 6 heteroatoms. The third kappa shape index (κ3) is 2.47. The number of nitrogens with zero attached hydrogens (tertiary/aromatic N) is 2. The Hall–Kier alpha value is -1.82.